The Balaban J connectivity index is 1.76. The molecule has 2 heterocycles. The first-order valence-electron chi connectivity index (χ1n) is 12.7. The Bertz CT molecular complexity index is 1860. The first-order valence-corrected chi connectivity index (χ1v) is 14.3. The van der Waals surface area contributed by atoms with E-state index in [1.165, 1.54) is 18.4 Å². The number of nitriles is 1. The molecule has 0 aliphatic carbocycles. The molecule has 4 aromatic rings. The van der Waals surface area contributed by atoms with E-state index in [0.717, 1.165) is 11.1 Å². The molecule has 206 valence electrons. The normalized spacial score (nSPS) is 14.6. The van der Waals surface area contributed by atoms with Crippen LogP contribution in [-0.2, 0) is 9.53 Å². The molecule has 1 aromatic heterocycles. The van der Waals surface area contributed by atoms with Gasteiger partial charge in [-0.2, -0.15) is 5.26 Å². The van der Waals surface area contributed by atoms with E-state index >= 15 is 0 Å². The van der Waals surface area contributed by atoms with Gasteiger partial charge in [0.25, 0.3) is 5.56 Å². The van der Waals surface area contributed by atoms with Gasteiger partial charge in [0, 0.05) is 5.56 Å². The van der Waals surface area contributed by atoms with Crippen LogP contribution in [0, 0.1) is 11.3 Å². The topological polar surface area (TPSA) is 103 Å². The smallest absolute Gasteiger partial charge is 0.338 e. The molecule has 0 N–H and O–H groups in total. The highest BCUT2D eigenvalue weighted by Gasteiger charge is 2.35. The number of hydrogen-bond acceptors (Lipinski definition) is 8. The summed E-state index contributed by atoms with van der Waals surface area (Å²) < 4.78 is 19.0. The summed E-state index contributed by atoms with van der Waals surface area (Å²) in [5.74, 6) is 0.273. The first kappa shape index (κ1) is 28.1. The van der Waals surface area contributed by atoms with Gasteiger partial charge in [0.1, 0.15) is 6.07 Å². The number of halogens is 1. The molecule has 0 unspecified atom stereocenters. The maximum Gasteiger partial charge on any atom is 0.338 e. The van der Waals surface area contributed by atoms with Crippen LogP contribution in [0.1, 0.15) is 29.7 Å². The van der Waals surface area contributed by atoms with E-state index in [1.807, 2.05) is 66.7 Å². The van der Waals surface area contributed by atoms with E-state index in [-0.39, 0.29) is 18.8 Å². The Hall–Kier alpha value is -4.46. The SMILES string of the molecule is CCOC(=O)C1=C(c2ccccc2)N=c2s/c(=C\c3cc(Br)c(OCC#N)c(OC)c3)c(=O)n2[C@@H]1c1ccccc1. The van der Waals surface area contributed by atoms with Crippen LogP contribution < -0.4 is 24.4 Å². The van der Waals surface area contributed by atoms with Gasteiger partial charge >= 0.3 is 5.97 Å². The summed E-state index contributed by atoms with van der Waals surface area (Å²) in [7, 11) is 1.50. The number of rotatable bonds is 8. The van der Waals surface area contributed by atoms with Crippen LogP contribution in [0.2, 0.25) is 0 Å². The minimum atomic E-state index is -0.744. The number of methoxy groups -OCH3 is 1. The van der Waals surface area contributed by atoms with Gasteiger partial charge in [-0.25, -0.2) is 9.79 Å². The van der Waals surface area contributed by atoms with Gasteiger partial charge in [-0.05, 0) is 52.2 Å². The molecule has 8 nitrogen and oxygen atoms in total. The third kappa shape index (κ3) is 5.59. The summed E-state index contributed by atoms with van der Waals surface area (Å²) in [4.78, 5) is 32.8. The number of carbonyl (C=O) groups excluding carboxylic acids is 1. The molecule has 0 amide bonds. The molecule has 1 atom stereocenters. The van der Waals surface area contributed by atoms with Crippen LogP contribution in [-0.4, -0.2) is 30.9 Å². The second-order valence-corrected chi connectivity index (χ2v) is 10.7. The van der Waals surface area contributed by atoms with Crippen molar-refractivity contribution in [2.75, 3.05) is 20.3 Å². The van der Waals surface area contributed by atoms with Crippen LogP contribution in [0.3, 0.4) is 0 Å². The first-order chi connectivity index (χ1) is 20.0. The van der Waals surface area contributed by atoms with Crippen molar-refractivity contribution in [1.82, 2.24) is 4.57 Å². The number of ether oxygens (including phenoxy) is 3. The molecule has 1 aliphatic heterocycles. The average molecular weight is 631 g/mol. The predicted octanol–water partition coefficient (Wildman–Crippen LogP) is 4.61. The van der Waals surface area contributed by atoms with E-state index in [0.29, 0.717) is 42.1 Å². The molecular formula is C31H24BrN3O5S. The molecule has 0 bridgehead atoms. The number of esters is 1. The van der Waals surface area contributed by atoms with Gasteiger partial charge in [0.2, 0.25) is 0 Å². The van der Waals surface area contributed by atoms with Crippen LogP contribution in [0.5, 0.6) is 11.5 Å². The number of thiazole rings is 1. The summed E-state index contributed by atoms with van der Waals surface area (Å²) in [5.41, 5.74) is 2.65. The Labute approximate surface area is 248 Å². The monoisotopic (exact) mass is 629 g/mol. The maximum absolute atomic E-state index is 14.0. The fourth-order valence-electron chi connectivity index (χ4n) is 4.61. The largest absolute Gasteiger partial charge is 0.493 e. The van der Waals surface area contributed by atoms with Crippen molar-refractivity contribution < 1.29 is 19.0 Å². The van der Waals surface area contributed by atoms with E-state index in [1.54, 1.807) is 29.7 Å². The number of benzene rings is 3. The van der Waals surface area contributed by atoms with Crippen molar-refractivity contribution in [1.29, 1.82) is 5.26 Å². The van der Waals surface area contributed by atoms with E-state index in [2.05, 4.69) is 15.9 Å². The van der Waals surface area contributed by atoms with Gasteiger partial charge < -0.3 is 14.2 Å². The third-order valence-corrected chi connectivity index (χ3v) is 7.89. The van der Waals surface area contributed by atoms with Gasteiger partial charge in [-0.15, -0.1) is 0 Å². The molecular weight excluding hydrogens is 606 g/mol. The number of aromatic nitrogens is 1. The van der Waals surface area contributed by atoms with Crippen LogP contribution in [0.15, 0.2) is 92.6 Å². The molecule has 1 aliphatic rings. The minimum absolute atomic E-state index is 0.140. The number of carbonyl (C=O) groups is 1. The van der Waals surface area contributed by atoms with Gasteiger partial charge in [0.15, 0.2) is 22.9 Å². The molecule has 0 radical (unpaired) electrons. The van der Waals surface area contributed by atoms with Crippen molar-refractivity contribution >= 4 is 45.0 Å². The zero-order valence-corrected chi connectivity index (χ0v) is 24.6. The van der Waals surface area contributed by atoms with Crippen molar-refractivity contribution in [3.05, 3.63) is 119 Å². The molecule has 0 saturated carbocycles. The summed E-state index contributed by atoms with van der Waals surface area (Å²) in [6.45, 7) is 1.79. The van der Waals surface area contributed by atoms with Crippen molar-refractivity contribution in [3.63, 3.8) is 0 Å². The minimum Gasteiger partial charge on any atom is -0.493 e. The molecule has 5 rings (SSSR count). The standard InChI is InChI=1S/C31H24BrN3O5S/c1-3-39-30(37)25-26(20-10-6-4-7-11-20)34-31-35(27(25)21-12-8-5-9-13-21)29(36)24(41-31)18-19-16-22(32)28(40-15-14-33)23(17-19)38-2/h4-13,16-18,27H,3,15H2,1-2H3/b24-18-/t27-/m1/s1. The fraction of sp³-hybridized carbons (Fsp3) is 0.161. The Morgan fingerprint density at radius 3 is 2.51 bits per heavy atom. The molecule has 41 heavy (non-hydrogen) atoms. The van der Waals surface area contributed by atoms with Crippen molar-refractivity contribution in [2.45, 2.75) is 13.0 Å². The Morgan fingerprint density at radius 1 is 1.15 bits per heavy atom. The predicted molar refractivity (Wildman–Crippen MR) is 159 cm³/mol. The zero-order chi connectivity index (χ0) is 28.9. The van der Waals surface area contributed by atoms with E-state index in [4.69, 9.17) is 24.5 Å². The summed E-state index contributed by atoms with van der Waals surface area (Å²) >= 11 is 4.71. The number of nitrogens with zero attached hydrogens (tertiary/aromatic N) is 3. The van der Waals surface area contributed by atoms with Gasteiger partial charge in [-0.3, -0.25) is 9.36 Å². The fourth-order valence-corrected chi connectivity index (χ4v) is 6.19. The maximum atomic E-state index is 14.0. The van der Waals surface area contributed by atoms with Crippen molar-refractivity contribution in [2.24, 2.45) is 4.99 Å². The zero-order valence-electron chi connectivity index (χ0n) is 22.2. The van der Waals surface area contributed by atoms with E-state index in [9.17, 15) is 9.59 Å². The summed E-state index contributed by atoms with van der Waals surface area (Å²) in [5, 5.41) is 8.91. The molecule has 0 spiro atoms. The molecule has 0 fully saturated rings. The quantitative estimate of drug-likeness (QED) is 0.264. The molecule has 0 saturated heterocycles. The van der Waals surface area contributed by atoms with Gasteiger partial charge in [0.05, 0.1) is 40.0 Å². The second-order valence-electron chi connectivity index (χ2n) is 8.82. The average Bonchev–Trinajstić information content (AvgIpc) is 3.30. The highest BCUT2D eigenvalue weighted by atomic mass is 79.9. The summed E-state index contributed by atoms with van der Waals surface area (Å²) in [6.07, 6.45) is 1.74. The molecule has 10 heteroatoms. The van der Waals surface area contributed by atoms with Crippen molar-refractivity contribution in [3.8, 4) is 17.6 Å². The summed E-state index contributed by atoms with van der Waals surface area (Å²) in [6, 6.07) is 23.5. The molecule has 3 aromatic carbocycles. The van der Waals surface area contributed by atoms with Crippen LogP contribution >= 0.6 is 27.3 Å². The van der Waals surface area contributed by atoms with Gasteiger partial charge in [-0.1, -0.05) is 72.0 Å². The second kappa shape index (κ2) is 12.4. The van der Waals surface area contributed by atoms with Crippen LogP contribution in [0.25, 0.3) is 11.8 Å². The lowest BCUT2D eigenvalue weighted by molar-refractivity contribution is -0.138. The lowest BCUT2D eigenvalue weighted by Gasteiger charge is -2.25. The number of hydrogen-bond donors (Lipinski definition) is 0. The lowest BCUT2D eigenvalue weighted by Crippen LogP contribution is -2.39. The number of fused-ring (bicyclic) bond motifs is 1. The Morgan fingerprint density at radius 2 is 1.85 bits per heavy atom. The van der Waals surface area contributed by atoms with E-state index < -0.39 is 12.0 Å². The lowest BCUT2D eigenvalue weighted by atomic mass is 9.93. The third-order valence-electron chi connectivity index (χ3n) is 6.32. The van der Waals surface area contributed by atoms with Crippen LogP contribution in [0.4, 0.5) is 0 Å². The highest BCUT2D eigenvalue weighted by molar-refractivity contribution is 9.10. The highest BCUT2D eigenvalue weighted by Crippen LogP contribution is 2.37. The Kier molecular flexibility index (Phi) is 8.47.